The molecule has 0 heterocycles. The Labute approximate surface area is 133 Å². The van der Waals surface area contributed by atoms with E-state index in [1.54, 1.807) is 6.92 Å². The molecule has 0 bridgehead atoms. The number of aliphatic carboxylic acids is 1. The van der Waals surface area contributed by atoms with Crippen molar-refractivity contribution < 1.29 is 29.4 Å². The van der Waals surface area contributed by atoms with Crippen LogP contribution in [0, 0.1) is 5.92 Å². The maximum Gasteiger partial charge on any atom is 0.322 e. The fourth-order valence-electron chi connectivity index (χ4n) is 1.52. The van der Waals surface area contributed by atoms with E-state index in [-0.39, 0.29) is 5.92 Å². The summed E-state index contributed by atoms with van der Waals surface area (Å²) in [6.07, 6.45) is 0.705. The molecular weight excluding hydrogens is 308 g/mol. The monoisotopic (exact) mass is 332 g/mol. The number of carbonyl (C=O) groups excluding carboxylic acids is 3. The molecule has 0 aromatic heterocycles. The minimum Gasteiger partial charge on any atom is -0.480 e. The zero-order chi connectivity index (χ0) is 18.0. The summed E-state index contributed by atoms with van der Waals surface area (Å²) >= 11 is 0. The molecule has 0 aliphatic rings. The predicted octanol–water partition coefficient (Wildman–Crippen LogP) is -2.85. The molecule has 3 amide bonds. The summed E-state index contributed by atoms with van der Waals surface area (Å²) in [6, 6.07) is -2.05. The van der Waals surface area contributed by atoms with Crippen LogP contribution >= 0.6 is 0 Å². The van der Waals surface area contributed by atoms with Gasteiger partial charge < -0.3 is 31.9 Å². The lowest BCUT2D eigenvalue weighted by molar-refractivity contribution is -0.138. The van der Waals surface area contributed by atoms with Crippen molar-refractivity contribution in [2.24, 2.45) is 11.7 Å². The van der Waals surface area contributed by atoms with E-state index in [4.69, 9.17) is 15.9 Å². The third-order valence-electron chi connectivity index (χ3n) is 3.23. The van der Waals surface area contributed by atoms with Gasteiger partial charge in [0, 0.05) is 0 Å². The number of carboxylic acid groups (broad SMARTS) is 1. The van der Waals surface area contributed by atoms with E-state index in [0.29, 0.717) is 6.42 Å². The molecule has 7 N–H and O–H groups in total. The van der Waals surface area contributed by atoms with E-state index in [0.717, 1.165) is 0 Å². The van der Waals surface area contributed by atoms with Crippen LogP contribution in [-0.4, -0.2) is 65.7 Å². The number of amides is 3. The van der Waals surface area contributed by atoms with Gasteiger partial charge >= 0.3 is 5.97 Å². The number of hydrogen-bond donors (Lipinski definition) is 6. The highest BCUT2D eigenvalue weighted by Crippen LogP contribution is 2.04. The Morgan fingerprint density at radius 2 is 1.65 bits per heavy atom. The van der Waals surface area contributed by atoms with Gasteiger partial charge in [-0.25, -0.2) is 0 Å². The first-order valence-electron chi connectivity index (χ1n) is 7.15. The van der Waals surface area contributed by atoms with Crippen LogP contribution in [0.4, 0.5) is 0 Å². The maximum absolute atomic E-state index is 11.7. The van der Waals surface area contributed by atoms with Gasteiger partial charge in [0.15, 0.2) is 0 Å². The van der Waals surface area contributed by atoms with Gasteiger partial charge in [-0.05, 0) is 5.92 Å². The SMILES string of the molecule is CCC(C)C(N)C(=O)NCC(=O)NC(CO)C(=O)NCC(=O)O. The molecular formula is C13H24N4O6. The van der Waals surface area contributed by atoms with Crippen molar-refractivity contribution >= 4 is 23.7 Å². The first-order chi connectivity index (χ1) is 10.7. The van der Waals surface area contributed by atoms with E-state index in [9.17, 15) is 19.2 Å². The Bertz CT molecular complexity index is 442. The standard InChI is InChI=1S/C13H24N4O6/c1-3-7(2)11(14)13(23)15-4-9(19)17-8(6-18)12(22)16-5-10(20)21/h7-8,11,18H,3-6,14H2,1-2H3,(H,15,23)(H,16,22)(H,17,19)(H,20,21). The largest absolute Gasteiger partial charge is 0.480 e. The zero-order valence-corrected chi connectivity index (χ0v) is 13.2. The molecule has 0 radical (unpaired) electrons. The summed E-state index contributed by atoms with van der Waals surface area (Å²) in [7, 11) is 0. The van der Waals surface area contributed by atoms with Gasteiger partial charge in [-0.1, -0.05) is 20.3 Å². The second-order valence-electron chi connectivity index (χ2n) is 5.04. The Morgan fingerprint density at radius 1 is 1.09 bits per heavy atom. The molecule has 0 aromatic rings. The number of nitrogens with one attached hydrogen (secondary N) is 3. The van der Waals surface area contributed by atoms with Crippen LogP contribution in [0.2, 0.25) is 0 Å². The second kappa shape index (κ2) is 10.5. The highest BCUT2D eigenvalue weighted by Gasteiger charge is 2.22. The smallest absolute Gasteiger partial charge is 0.322 e. The normalized spacial score (nSPS) is 14.3. The third kappa shape index (κ3) is 8.12. The lowest BCUT2D eigenvalue weighted by atomic mass is 9.99. The van der Waals surface area contributed by atoms with Gasteiger partial charge in [0.05, 0.1) is 19.2 Å². The minimum atomic E-state index is -1.30. The first kappa shape index (κ1) is 20.8. The van der Waals surface area contributed by atoms with E-state index in [1.807, 2.05) is 12.2 Å². The molecule has 10 heteroatoms. The highest BCUT2D eigenvalue weighted by molar-refractivity contribution is 5.92. The Kier molecular flexibility index (Phi) is 9.51. The summed E-state index contributed by atoms with van der Waals surface area (Å²) in [4.78, 5) is 45.2. The molecule has 0 aliphatic carbocycles. The molecule has 0 saturated carbocycles. The lowest BCUT2D eigenvalue weighted by Crippen LogP contribution is -2.53. The van der Waals surface area contributed by atoms with Crippen LogP contribution in [0.25, 0.3) is 0 Å². The van der Waals surface area contributed by atoms with Crippen LogP contribution in [-0.2, 0) is 19.2 Å². The van der Waals surface area contributed by atoms with Gasteiger partial charge in [-0.2, -0.15) is 0 Å². The van der Waals surface area contributed by atoms with Crippen molar-refractivity contribution in [3.05, 3.63) is 0 Å². The van der Waals surface area contributed by atoms with Gasteiger partial charge in [-0.3, -0.25) is 19.2 Å². The molecule has 3 unspecified atom stereocenters. The molecule has 0 aromatic carbocycles. The van der Waals surface area contributed by atoms with Crippen molar-refractivity contribution in [3.63, 3.8) is 0 Å². The molecule has 23 heavy (non-hydrogen) atoms. The van der Waals surface area contributed by atoms with E-state index >= 15 is 0 Å². The Morgan fingerprint density at radius 3 is 2.13 bits per heavy atom. The number of carboxylic acids is 1. The quantitative estimate of drug-likeness (QED) is 0.250. The second-order valence-corrected chi connectivity index (χ2v) is 5.04. The first-order valence-corrected chi connectivity index (χ1v) is 7.15. The minimum absolute atomic E-state index is 0.0509. The van der Waals surface area contributed by atoms with Crippen LogP contribution < -0.4 is 21.7 Å². The number of rotatable bonds is 10. The van der Waals surface area contributed by atoms with Crippen molar-refractivity contribution in [2.45, 2.75) is 32.4 Å². The Balaban J connectivity index is 4.32. The number of hydrogen-bond acceptors (Lipinski definition) is 6. The molecule has 10 nitrogen and oxygen atoms in total. The van der Waals surface area contributed by atoms with Crippen molar-refractivity contribution in [3.8, 4) is 0 Å². The summed E-state index contributed by atoms with van der Waals surface area (Å²) < 4.78 is 0. The van der Waals surface area contributed by atoms with Gasteiger partial charge in [-0.15, -0.1) is 0 Å². The van der Waals surface area contributed by atoms with Crippen LogP contribution in [0.1, 0.15) is 20.3 Å². The van der Waals surface area contributed by atoms with Crippen LogP contribution in [0.5, 0.6) is 0 Å². The molecule has 132 valence electrons. The van der Waals surface area contributed by atoms with Gasteiger partial charge in [0.25, 0.3) is 0 Å². The average molecular weight is 332 g/mol. The maximum atomic E-state index is 11.7. The van der Waals surface area contributed by atoms with E-state index in [1.165, 1.54) is 0 Å². The van der Waals surface area contributed by atoms with Crippen molar-refractivity contribution in [1.29, 1.82) is 0 Å². The lowest BCUT2D eigenvalue weighted by Gasteiger charge is -2.19. The van der Waals surface area contributed by atoms with Crippen molar-refractivity contribution in [1.82, 2.24) is 16.0 Å². The fourth-order valence-corrected chi connectivity index (χ4v) is 1.52. The fraction of sp³-hybridized carbons (Fsp3) is 0.692. The number of nitrogens with two attached hydrogens (primary N) is 1. The number of aliphatic hydroxyl groups is 1. The molecule has 0 rings (SSSR count). The number of carbonyl (C=O) groups is 4. The average Bonchev–Trinajstić information content (AvgIpc) is 2.53. The molecule has 0 spiro atoms. The predicted molar refractivity (Wildman–Crippen MR) is 80.1 cm³/mol. The van der Waals surface area contributed by atoms with Crippen LogP contribution in [0.15, 0.2) is 0 Å². The molecule has 3 atom stereocenters. The summed E-state index contributed by atoms with van der Waals surface area (Å²) in [5.41, 5.74) is 5.70. The molecule has 0 aliphatic heterocycles. The van der Waals surface area contributed by atoms with Crippen LogP contribution in [0.3, 0.4) is 0 Å². The summed E-state index contributed by atoms with van der Waals surface area (Å²) in [5.74, 6) is -3.35. The Hall–Kier alpha value is -2.20. The zero-order valence-electron chi connectivity index (χ0n) is 13.2. The van der Waals surface area contributed by atoms with Gasteiger partial charge in [0.1, 0.15) is 12.6 Å². The highest BCUT2D eigenvalue weighted by atomic mass is 16.4. The van der Waals surface area contributed by atoms with E-state index < -0.39 is 55.5 Å². The number of aliphatic hydroxyl groups excluding tert-OH is 1. The van der Waals surface area contributed by atoms with Gasteiger partial charge in [0.2, 0.25) is 17.7 Å². The molecule has 0 saturated heterocycles. The van der Waals surface area contributed by atoms with Crippen molar-refractivity contribution in [2.75, 3.05) is 19.7 Å². The summed E-state index contributed by atoms with van der Waals surface area (Å²) in [6.45, 7) is 1.93. The topological polar surface area (TPSA) is 171 Å². The molecule has 0 fully saturated rings. The third-order valence-corrected chi connectivity index (χ3v) is 3.23. The summed E-state index contributed by atoms with van der Waals surface area (Å²) in [5, 5.41) is 24.0. The van der Waals surface area contributed by atoms with E-state index in [2.05, 4.69) is 10.6 Å².